The molecule has 124 valence electrons. The van der Waals surface area contributed by atoms with E-state index in [-0.39, 0.29) is 18.0 Å². The Hall–Kier alpha value is -1.79. The maximum atomic E-state index is 15.1. The molecule has 2 unspecified atom stereocenters. The maximum Gasteiger partial charge on any atom is 0.269 e. The van der Waals surface area contributed by atoms with Gasteiger partial charge in [-0.2, -0.15) is 0 Å². The Labute approximate surface area is 133 Å². The molecule has 1 N–H and O–H groups in total. The molecule has 0 spiro atoms. The van der Waals surface area contributed by atoms with Crippen molar-refractivity contribution in [2.45, 2.75) is 50.7 Å². The third kappa shape index (κ3) is 2.88. The van der Waals surface area contributed by atoms with Gasteiger partial charge in [0, 0.05) is 24.5 Å². The Morgan fingerprint density at radius 3 is 2.65 bits per heavy atom. The number of halogens is 1. The summed E-state index contributed by atoms with van der Waals surface area (Å²) >= 11 is 0. The monoisotopic (exact) mass is 321 g/mol. The van der Waals surface area contributed by atoms with Gasteiger partial charge in [0.05, 0.1) is 17.1 Å². The summed E-state index contributed by atoms with van der Waals surface area (Å²) in [6.07, 6.45) is 0.666. The summed E-state index contributed by atoms with van der Waals surface area (Å²) in [7, 11) is 0. The van der Waals surface area contributed by atoms with Crippen LogP contribution in [0.5, 0.6) is 0 Å². The summed E-state index contributed by atoms with van der Waals surface area (Å²) in [5, 5.41) is 21.1. The van der Waals surface area contributed by atoms with E-state index >= 15 is 4.39 Å². The molecule has 0 aromatic heterocycles. The molecule has 0 saturated carbocycles. The topological polar surface area (TPSA) is 72.6 Å². The molecule has 0 radical (unpaired) electrons. The molecular weight excluding hydrogens is 301 g/mol. The maximum absolute atomic E-state index is 15.1. The zero-order valence-electron chi connectivity index (χ0n) is 13.1. The smallest absolute Gasteiger partial charge is 0.269 e. The van der Waals surface area contributed by atoms with Crippen molar-refractivity contribution in [2.24, 2.45) is 5.92 Å². The van der Waals surface area contributed by atoms with Crippen molar-refractivity contribution in [1.29, 1.82) is 0 Å². The number of nitro benzene ring substituents is 1. The molecule has 6 heteroatoms. The highest BCUT2D eigenvalue weighted by Crippen LogP contribution is 2.48. The molecule has 0 amide bonds. The first-order valence-corrected chi connectivity index (χ1v) is 7.73. The van der Waals surface area contributed by atoms with Crippen molar-refractivity contribution < 1.29 is 19.2 Å². The third-order valence-corrected chi connectivity index (χ3v) is 5.02. The van der Waals surface area contributed by atoms with Crippen LogP contribution >= 0.6 is 0 Å². The lowest BCUT2D eigenvalue weighted by Gasteiger charge is -2.48. The lowest BCUT2D eigenvalue weighted by Crippen LogP contribution is -2.53. The van der Waals surface area contributed by atoms with Crippen LogP contribution in [0.3, 0.4) is 0 Å². The Morgan fingerprint density at radius 2 is 2.04 bits per heavy atom. The van der Waals surface area contributed by atoms with Gasteiger partial charge in [-0.1, -0.05) is 6.08 Å². The number of nitro groups is 1. The van der Waals surface area contributed by atoms with Crippen LogP contribution < -0.4 is 0 Å². The molecular formula is C17H20FNO4. The molecule has 1 saturated heterocycles. The van der Waals surface area contributed by atoms with Gasteiger partial charge in [0.1, 0.15) is 11.8 Å². The standard InChI is InChI=1S/C17H20FNO4/c1-10-3-8-13-16(15(10)20)23-14(9-17(13,2)18)11-4-6-12(7-5-11)19(21)22/h3-7,13-16,20H,8-9H2,1-2H3/t13-,14?,15-,16-,17?/m1/s1. The van der Waals surface area contributed by atoms with Gasteiger partial charge in [-0.15, -0.1) is 0 Å². The second-order valence-corrected chi connectivity index (χ2v) is 6.66. The fourth-order valence-corrected chi connectivity index (χ4v) is 3.56. The largest absolute Gasteiger partial charge is 0.386 e. The minimum Gasteiger partial charge on any atom is -0.386 e. The molecule has 5 nitrogen and oxygen atoms in total. The van der Waals surface area contributed by atoms with E-state index in [4.69, 9.17) is 4.74 Å². The van der Waals surface area contributed by atoms with Gasteiger partial charge < -0.3 is 9.84 Å². The summed E-state index contributed by atoms with van der Waals surface area (Å²) < 4.78 is 21.1. The van der Waals surface area contributed by atoms with E-state index in [0.29, 0.717) is 12.0 Å². The van der Waals surface area contributed by atoms with Crippen LogP contribution in [0.2, 0.25) is 0 Å². The number of fused-ring (bicyclic) bond motifs is 1. The van der Waals surface area contributed by atoms with Gasteiger partial charge in [-0.05, 0) is 43.5 Å². The minimum absolute atomic E-state index is 0.0121. The predicted molar refractivity (Wildman–Crippen MR) is 82.7 cm³/mol. The summed E-state index contributed by atoms with van der Waals surface area (Å²) in [5.41, 5.74) is 0.0127. The number of rotatable bonds is 2. The summed E-state index contributed by atoms with van der Waals surface area (Å²) in [6.45, 7) is 3.36. The van der Waals surface area contributed by atoms with E-state index in [1.54, 1.807) is 19.1 Å². The number of non-ortho nitro benzene ring substituents is 1. The predicted octanol–water partition coefficient (Wildman–Crippen LogP) is 3.48. The molecule has 5 atom stereocenters. The van der Waals surface area contributed by atoms with Crippen LogP contribution in [-0.2, 0) is 4.74 Å². The zero-order valence-corrected chi connectivity index (χ0v) is 13.1. The third-order valence-electron chi connectivity index (χ3n) is 5.02. The van der Waals surface area contributed by atoms with Crippen molar-refractivity contribution in [1.82, 2.24) is 0 Å². The fraction of sp³-hybridized carbons (Fsp3) is 0.529. The number of hydrogen-bond acceptors (Lipinski definition) is 4. The molecule has 2 aliphatic rings. The van der Waals surface area contributed by atoms with E-state index < -0.39 is 28.9 Å². The van der Waals surface area contributed by atoms with Crippen LogP contribution in [0.25, 0.3) is 0 Å². The Morgan fingerprint density at radius 1 is 1.39 bits per heavy atom. The van der Waals surface area contributed by atoms with Crippen molar-refractivity contribution in [3.8, 4) is 0 Å². The summed E-state index contributed by atoms with van der Waals surface area (Å²) in [6, 6.07) is 5.97. The van der Waals surface area contributed by atoms with Crippen LogP contribution in [0.15, 0.2) is 35.9 Å². The van der Waals surface area contributed by atoms with Gasteiger partial charge in [0.2, 0.25) is 0 Å². The second kappa shape index (κ2) is 5.69. The molecule has 1 aliphatic heterocycles. The number of ether oxygens (including phenoxy) is 1. The molecule has 1 aromatic carbocycles. The number of nitrogens with zero attached hydrogens (tertiary/aromatic N) is 1. The van der Waals surface area contributed by atoms with E-state index in [2.05, 4.69) is 0 Å². The van der Waals surface area contributed by atoms with Gasteiger partial charge in [-0.3, -0.25) is 10.1 Å². The Kier molecular flexibility index (Phi) is 3.98. The number of benzene rings is 1. The molecule has 3 rings (SSSR count). The Balaban J connectivity index is 1.87. The van der Waals surface area contributed by atoms with Crippen molar-refractivity contribution >= 4 is 5.69 Å². The lowest BCUT2D eigenvalue weighted by molar-refractivity contribution is -0.384. The first kappa shape index (κ1) is 16.1. The summed E-state index contributed by atoms with van der Waals surface area (Å²) in [4.78, 5) is 10.3. The van der Waals surface area contributed by atoms with Crippen LogP contribution in [0, 0.1) is 16.0 Å². The fourth-order valence-electron chi connectivity index (χ4n) is 3.56. The minimum atomic E-state index is -1.46. The zero-order chi connectivity index (χ0) is 16.8. The van der Waals surface area contributed by atoms with Gasteiger partial charge in [0.25, 0.3) is 5.69 Å². The first-order chi connectivity index (χ1) is 10.8. The summed E-state index contributed by atoms with van der Waals surface area (Å²) in [5.74, 6) is -0.379. The quantitative estimate of drug-likeness (QED) is 0.514. The number of aliphatic hydroxyl groups excluding tert-OH is 1. The molecule has 1 aromatic rings. The van der Waals surface area contributed by atoms with Crippen LogP contribution in [-0.4, -0.2) is 27.9 Å². The van der Waals surface area contributed by atoms with Crippen molar-refractivity contribution in [3.05, 3.63) is 51.6 Å². The average Bonchev–Trinajstić information content (AvgIpc) is 2.50. The molecule has 1 aliphatic carbocycles. The normalized spacial score (nSPS) is 37.0. The highest BCUT2D eigenvalue weighted by Gasteiger charge is 2.51. The van der Waals surface area contributed by atoms with Gasteiger partial charge >= 0.3 is 0 Å². The second-order valence-electron chi connectivity index (χ2n) is 6.66. The molecule has 0 bridgehead atoms. The highest BCUT2D eigenvalue weighted by atomic mass is 19.1. The van der Waals surface area contributed by atoms with E-state index in [1.165, 1.54) is 12.1 Å². The SMILES string of the molecule is CC1=CC[C@@H]2[C@@H](OC(c3ccc([N+](=O)[O-])cc3)CC2(C)F)[C@@H]1O. The van der Waals surface area contributed by atoms with Crippen LogP contribution in [0.1, 0.15) is 38.4 Å². The number of alkyl halides is 1. The molecule has 1 fully saturated rings. The van der Waals surface area contributed by atoms with E-state index in [9.17, 15) is 15.2 Å². The van der Waals surface area contributed by atoms with Gasteiger partial charge in [0.15, 0.2) is 0 Å². The van der Waals surface area contributed by atoms with E-state index in [0.717, 1.165) is 5.57 Å². The number of aliphatic hydroxyl groups is 1. The number of allylic oxidation sites excluding steroid dienone is 1. The Bertz CT molecular complexity index is 640. The van der Waals surface area contributed by atoms with E-state index in [1.807, 2.05) is 13.0 Å². The average molecular weight is 321 g/mol. The first-order valence-electron chi connectivity index (χ1n) is 7.73. The van der Waals surface area contributed by atoms with Gasteiger partial charge in [-0.25, -0.2) is 4.39 Å². The lowest BCUT2D eigenvalue weighted by atomic mass is 9.71. The molecule has 23 heavy (non-hydrogen) atoms. The molecule has 1 heterocycles. The number of hydrogen-bond donors (Lipinski definition) is 1. The van der Waals surface area contributed by atoms with Crippen LogP contribution in [0.4, 0.5) is 10.1 Å². The highest BCUT2D eigenvalue weighted by molar-refractivity contribution is 5.34. The van der Waals surface area contributed by atoms with Crippen molar-refractivity contribution in [3.63, 3.8) is 0 Å². The van der Waals surface area contributed by atoms with Crippen molar-refractivity contribution in [2.75, 3.05) is 0 Å².